The van der Waals surface area contributed by atoms with Crippen LogP contribution >= 0.6 is 11.3 Å². The van der Waals surface area contributed by atoms with Gasteiger partial charge in [-0.3, -0.25) is 4.57 Å². The van der Waals surface area contributed by atoms with Gasteiger partial charge in [0, 0.05) is 5.54 Å². The second kappa shape index (κ2) is 4.36. The quantitative estimate of drug-likeness (QED) is 0.895. The molecule has 0 aromatic carbocycles. The van der Waals surface area contributed by atoms with E-state index in [-0.39, 0.29) is 5.16 Å². The van der Waals surface area contributed by atoms with Crippen LogP contribution in [0.3, 0.4) is 0 Å². The molecule has 2 heterocycles. The molecule has 0 radical (unpaired) electrons. The highest BCUT2D eigenvalue weighted by Crippen LogP contribution is 2.31. The lowest BCUT2D eigenvalue weighted by Gasteiger charge is -2.23. The third kappa shape index (κ3) is 2.53. The summed E-state index contributed by atoms with van der Waals surface area (Å²) in [6, 6.07) is 0. The van der Waals surface area contributed by atoms with Gasteiger partial charge in [0.15, 0.2) is 5.82 Å². The van der Waals surface area contributed by atoms with Gasteiger partial charge >= 0.3 is 0 Å². The molecular formula is C10H15N5O2S2. The van der Waals surface area contributed by atoms with Crippen LogP contribution in [0, 0.1) is 6.92 Å². The molecule has 2 aromatic heterocycles. The molecule has 2 N–H and O–H groups in total. The molecule has 0 saturated heterocycles. The fourth-order valence-electron chi connectivity index (χ4n) is 1.72. The molecular weight excluding hydrogens is 286 g/mol. The molecule has 0 amide bonds. The van der Waals surface area contributed by atoms with E-state index in [2.05, 4.69) is 15.2 Å². The average Bonchev–Trinajstić information content (AvgIpc) is 2.79. The van der Waals surface area contributed by atoms with Crippen LogP contribution in [0.25, 0.3) is 10.7 Å². The number of nitrogens with two attached hydrogens (primary N) is 1. The van der Waals surface area contributed by atoms with Crippen LogP contribution in [0.2, 0.25) is 0 Å². The molecule has 2 rings (SSSR count). The Morgan fingerprint density at radius 1 is 1.32 bits per heavy atom. The van der Waals surface area contributed by atoms with Gasteiger partial charge in [-0.1, -0.05) is 0 Å². The molecule has 0 fully saturated rings. The average molecular weight is 301 g/mol. The number of aryl methyl sites for hydroxylation is 1. The van der Waals surface area contributed by atoms with Crippen LogP contribution in [0.5, 0.6) is 0 Å². The summed E-state index contributed by atoms with van der Waals surface area (Å²) in [4.78, 5) is 4.93. The molecule has 0 saturated carbocycles. The van der Waals surface area contributed by atoms with Crippen LogP contribution in [-0.2, 0) is 15.6 Å². The first-order valence-electron chi connectivity index (χ1n) is 5.51. The minimum Gasteiger partial charge on any atom is -0.291 e. The minimum atomic E-state index is -3.93. The summed E-state index contributed by atoms with van der Waals surface area (Å²) in [5.74, 6) is 0.469. The van der Waals surface area contributed by atoms with E-state index in [1.54, 1.807) is 5.51 Å². The number of nitrogens with zero attached hydrogens (tertiary/aromatic N) is 4. The molecule has 0 unspecified atom stereocenters. The number of rotatable bonds is 2. The molecule has 0 aliphatic rings. The molecule has 104 valence electrons. The number of sulfonamides is 1. The van der Waals surface area contributed by atoms with Crippen molar-refractivity contribution < 1.29 is 8.42 Å². The third-order valence-corrected chi connectivity index (χ3v) is 4.20. The standard InChI is InChI=1S/C10H15N5O2S2/c1-6-7(18-5-12-6)8-13-14-9(19(11,16)17)15(8)10(2,3)4/h5H,1-4H3,(H2,11,16,17). The fourth-order valence-corrected chi connectivity index (χ4v) is 3.27. The van der Waals surface area contributed by atoms with E-state index in [9.17, 15) is 8.42 Å². The predicted molar refractivity (Wildman–Crippen MR) is 72.2 cm³/mol. The zero-order valence-corrected chi connectivity index (χ0v) is 12.7. The minimum absolute atomic E-state index is 0.234. The van der Waals surface area contributed by atoms with E-state index < -0.39 is 15.6 Å². The first kappa shape index (κ1) is 14.1. The van der Waals surface area contributed by atoms with Crippen LogP contribution < -0.4 is 5.14 Å². The van der Waals surface area contributed by atoms with Gasteiger partial charge in [-0.2, -0.15) is 0 Å². The Morgan fingerprint density at radius 3 is 2.37 bits per heavy atom. The normalized spacial score (nSPS) is 12.9. The van der Waals surface area contributed by atoms with Gasteiger partial charge in [-0.25, -0.2) is 18.5 Å². The molecule has 0 spiro atoms. The summed E-state index contributed by atoms with van der Waals surface area (Å²) in [5.41, 5.74) is 1.95. The SMILES string of the molecule is Cc1ncsc1-c1nnc(S(N)(=O)=O)n1C(C)(C)C. The van der Waals surface area contributed by atoms with Crippen molar-refractivity contribution in [2.45, 2.75) is 38.4 Å². The van der Waals surface area contributed by atoms with Crippen LogP contribution in [0.4, 0.5) is 0 Å². The number of hydrogen-bond donors (Lipinski definition) is 1. The maximum atomic E-state index is 11.6. The van der Waals surface area contributed by atoms with Gasteiger partial charge in [-0.05, 0) is 27.7 Å². The van der Waals surface area contributed by atoms with Gasteiger partial charge in [0.05, 0.1) is 16.1 Å². The smallest absolute Gasteiger partial charge is 0.273 e. The lowest BCUT2D eigenvalue weighted by atomic mass is 10.1. The number of primary sulfonamides is 1. The summed E-state index contributed by atoms with van der Waals surface area (Å²) in [5, 5.41) is 12.7. The van der Waals surface area contributed by atoms with Crippen molar-refractivity contribution in [1.82, 2.24) is 19.7 Å². The summed E-state index contributed by atoms with van der Waals surface area (Å²) in [7, 11) is -3.93. The van der Waals surface area contributed by atoms with Gasteiger partial charge in [-0.15, -0.1) is 21.5 Å². The molecule has 2 aromatic rings. The fraction of sp³-hybridized carbons (Fsp3) is 0.500. The van der Waals surface area contributed by atoms with Crippen molar-refractivity contribution in [2.24, 2.45) is 5.14 Å². The highest BCUT2D eigenvalue weighted by atomic mass is 32.2. The van der Waals surface area contributed by atoms with E-state index in [0.29, 0.717) is 5.82 Å². The molecule has 0 bridgehead atoms. The van der Waals surface area contributed by atoms with Crippen molar-refractivity contribution in [1.29, 1.82) is 0 Å². The Morgan fingerprint density at radius 2 is 1.95 bits per heavy atom. The Balaban J connectivity index is 2.79. The van der Waals surface area contributed by atoms with Crippen molar-refractivity contribution in [2.75, 3.05) is 0 Å². The Bertz CT molecular complexity index is 709. The van der Waals surface area contributed by atoms with E-state index >= 15 is 0 Å². The maximum Gasteiger partial charge on any atom is 0.273 e. The molecule has 19 heavy (non-hydrogen) atoms. The van der Waals surface area contributed by atoms with E-state index in [1.165, 1.54) is 15.9 Å². The highest BCUT2D eigenvalue weighted by Gasteiger charge is 2.30. The summed E-state index contributed by atoms with van der Waals surface area (Å²) in [6.07, 6.45) is 0. The Hall–Kier alpha value is -1.32. The molecule has 0 atom stereocenters. The van der Waals surface area contributed by atoms with E-state index in [0.717, 1.165) is 10.6 Å². The zero-order valence-electron chi connectivity index (χ0n) is 11.1. The molecule has 7 nitrogen and oxygen atoms in total. The molecule has 9 heteroatoms. The van der Waals surface area contributed by atoms with Gasteiger partial charge < -0.3 is 0 Å². The zero-order chi connectivity index (χ0) is 14.4. The number of hydrogen-bond acceptors (Lipinski definition) is 6. The second-order valence-corrected chi connectivity index (χ2v) is 7.43. The maximum absolute atomic E-state index is 11.6. The lowest BCUT2D eigenvalue weighted by Crippen LogP contribution is -2.29. The van der Waals surface area contributed by atoms with Crippen LogP contribution in [0.15, 0.2) is 10.7 Å². The third-order valence-electron chi connectivity index (χ3n) is 2.51. The molecule has 0 aliphatic heterocycles. The second-order valence-electron chi connectivity index (χ2n) is 5.12. The van der Waals surface area contributed by atoms with Gasteiger partial charge in [0.2, 0.25) is 0 Å². The first-order chi connectivity index (χ1) is 8.62. The Kier molecular flexibility index (Phi) is 3.23. The van der Waals surface area contributed by atoms with Gasteiger partial charge in [0.1, 0.15) is 0 Å². The van der Waals surface area contributed by atoms with E-state index in [1.807, 2.05) is 27.7 Å². The van der Waals surface area contributed by atoms with Crippen molar-refractivity contribution in [3.63, 3.8) is 0 Å². The van der Waals surface area contributed by atoms with Crippen LogP contribution in [0.1, 0.15) is 26.5 Å². The highest BCUT2D eigenvalue weighted by molar-refractivity contribution is 7.89. The van der Waals surface area contributed by atoms with E-state index in [4.69, 9.17) is 5.14 Å². The molecule has 0 aliphatic carbocycles. The monoisotopic (exact) mass is 301 g/mol. The Labute approximate surface area is 115 Å². The topological polar surface area (TPSA) is 104 Å². The van der Waals surface area contributed by atoms with Crippen molar-refractivity contribution in [3.05, 3.63) is 11.2 Å². The summed E-state index contributed by atoms with van der Waals surface area (Å²) < 4.78 is 24.8. The van der Waals surface area contributed by atoms with Crippen molar-refractivity contribution >= 4 is 21.4 Å². The largest absolute Gasteiger partial charge is 0.291 e. The first-order valence-corrected chi connectivity index (χ1v) is 7.94. The van der Waals surface area contributed by atoms with Gasteiger partial charge in [0.25, 0.3) is 15.2 Å². The van der Waals surface area contributed by atoms with Crippen molar-refractivity contribution in [3.8, 4) is 10.7 Å². The lowest BCUT2D eigenvalue weighted by molar-refractivity contribution is 0.366. The summed E-state index contributed by atoms with van der Waals surface area (Å²) in [6.45, 7) is 7.44. The number of aromatic nitrogens is 4. The predicted octanol–water partition coefficient (Wildman–Crippen LogP) is 1.11. The van der Waals surface area contributed by atoms with Crippen LogP contribution in [-0.4, -0.2) is 28.2 Å². The number of thiazole rings is 1. The summed E-state index contributed by atoms with van der Waals surface area (Å²) >= 11 is 1.39.